The predicted octanol–water partition coefficient (Wildman–Crippen LogP) is 2.64. The molecule has 0 atom stereocenters. The average Bonchev–Trinajstić information content (AvgIpc) is 3.00. The maximum atomic E-state index is 12.4. The van der Waals surface area contributed by atoms with Crippen molar-refractivity contribution in [2.24, 2.45) is 0 Å². The first-order chi connectivity index (χ1) is 11.0. The van der Waals surface area contributed by atoms with Crippen molar-refractivity contribution in [1.29, 1.82) is 0 Å². The molecule has 0 fully saturated rings. The maximum absolute atomic E-state index is 12.4. The van der Waals surface area contributed by atoms with Crippen molar-refractivity contribution in [2.75, 3.05) is 26.8 Å². The van der Waals surface area contributed by atoms with Crippen LogP contribution in [0.3, 0.4) is 0 Å². The smallest absolute Gasteiger partial charge is 0.323 e. The summed E-state index contributed by atoms with van der Waals surface area (Å²) in [7, 11) is 1.49. The van der Waals surface area contributed by atoms with E-state index in [-0.39, 0.29) is 18.8 Å². The van der Waals surface area contributed by atoms with Crippen LogP contribution in [0.5, 0.6) is 0 Å². The van der Waals surface area contributed by atoms with Gasteiger partial charge in [-0.3, -0.25) is 9.59 Å². The Morgan fingerprint density at radius 1 is 1.39 bits per heavy atom. The van der Waals surface area contributed by atoms with E-state index in [9.17, 15) is 9.59 Å². The number of rotatable bonds is 7. The van der Waals surface area contributed by atoms with Crippen LogP contribution >= 0.6 is 22.9 Å². The normalized spacial score (nSPS) is 10.5. The zero-order chi connectivity index (χ0) is 16.8. The molecule has 0 aliphatic rings. The number of aromatic nitrogens is 1. The molecule has 0 unspecified atom stereocenters. The highest BCUT2D eigenvalue weighted by molar-refractivity contribution is 7.13. The van der Waals surface area contributed by atoms with Gasteiger partial charge in [0.1, 0.15) is 17.2 Å². The molecule has 2 rings (SSSR count). The van der Waals surface area contributed by atoms with E-state index in [0.717, 1.165) is 5.56 Å². The number of thiazole rings is 1. The highest BCUT2D eigenvalue weighted by Crippen LogP contribution is 2.30. The lowest BCUT2D eigenvalue weighted by Crippen LogP contribution is -2.38. The van der Waals surface area contributed by atoms with E-state index in [2.05, 4.69) is 4.98 Å². The quantitative estimate of drug-likeness (QED) is 0.826. The van der Waals surface area contributed by atoms with Gasteiger partial charge in [0.05, 0.1) is 11.6 Å². The number of carboxylic acid groups (broad SMARTS) is 1. The van der Waals surface area contributed by atoms with Crippen LogP contribution in [0.1, 0.15) is 10.5 Å². The van der Waals surface area contributed by atoms with Gasteiger partial charge in [-0.05, 0) is 6.07 Å². The van der Waals surface area contributed by atoms with Crippen molar-refractivity contribution in [3.05, 3.63) is 40.4 Å². The first-order valence-electron chi connectivity index (χ1n) is 6.73. The van der Waals surface area contributed by atoms with Gasteiger partial charge in [0.15, 0.2) is 0 Å². The van der Waals surface area contributed by atoms with Gasteiger partial charge in [-0.15, -0.1) is 11.3 Å². The molecule has 0 saturated heterocycles. The number of methoxy groups -OCH3 is 1. The summed E-state index contributed by atoms with van der Waals surface area (Å²) in [5.74, 6) is -1.53. The van der Waals surface area contributed by atoms with Crippen LogP contribution in [0.15, 0.2) is 29.6 Å². The molecule has 0 spiro atoms. The fourth-order valence-electron chi connectivity index (χ4n) is 1.91. The number of aliphatic carboxylic acids is 1. The lowest BCUT2D eigenvalue weighted by molar-refractivity contribution is -0.137. The number of carbonyl (C=O) groups excluding carboxylic acids is 1. The Morgan fingerprint density at radius 2 is 2.13 bits per heavy atom. The molecule has 8 heteroatoms. The van der Waals surface area contributed by atoms with Gasteiger partial charge in [-0.25, -0.2) is 4.98 Å². The molecule has 0 bridgehead atoms. The van der Waals surface area contributed by atoms with Crippen LogP contribution in [0.25, 0.3) is 10.6 Å². The molecular formula is C15H15ClN2O4S. The second-order valence-corrected chi connectivity index (χ2v) is 5.90. The fraction of sp³-hybridized carbons (Fsp3) is 0.267. The number of ether oxygens (including phenoxy) is 1. The molecule has 1 amide bonds. The summed E-state index contributed by atoms with van der Waals surface area (Å²) in [5, 5.41) is 11.7. The summed E-state index contributed by atoms with van der Waals surface area (Å²) in [6.45, 7) is 0.0300. The van der Waals surface area contributed by atoms with E-state index >= 15 is 0 Å². The van der Waals surface area contributed by atoms with Crippen molar-refractivity contribution in [2.45, 2.75) is 0 Å². The molecule has 1 aromatic heterocycles. The summed E-state index contributed by atoms with van der Waals surface area (Å²) in [6, 6.07) is 7.20. The number of nitrogens with zero attached hydrogens (tertiary/aromatic N) is 2. The maximum Gasteiger partial charge on any atom is 0.323 e. The SMILES string of the molecule is COCCN(CC(=O)O)C(=O)c1csc(-c2ccccc2Cl)n1. The number of hydrogen-bond acceptors (Lipinski definition) is 5. The predicted molar refractivity (Wildman–Crippen MR) is 88.0 cm³/mol. The van der Waals surface area contributed by atoms with Gasteiger partial charge in [0.2, 0.25) is 0 Å². The Labute approximate surface area is 142 Å². The zero-order valence-corrected chi connectivity index (χ0v) is 13.9. The second kappa shape index (κ2) is 8.05. The van der Waals surface area contributed by atoms with Crippen molar-refractivity contribution in [1.82, 2.24) is 9.88 Å². The highest BCUT2D eigenvalue weighted by Gasteiger charge is 2.21. The van der Waals surface area contributed by atoms with Crippen molar-refractivity contribution >= 4 is 34.8 Å². The fourth-order valence-corrected chi connectivity index (χ4v) is 3.02. The van der Waals surface area contributed by atoms with E-state index in [1.807, 2.05) is 18.2 Å². The highest BCUT2D eigenvalue weighted by atomic mass is 35.5. The van der Waals surface area contributed by atoms with Gasteiger partial charge in [-0.1, -0.05) is 29.8 Å². The number of halogens is 1. The van der Waals surface area contributed by atoms with Crippen LogP contribution in [0, 0.1) is 0 Å². The standard InChI is InChI=1S/C15H15ClN2O4S/c1-22-7-6-18(8-13(19)20)15(21)12-9-23-14(17-12)10-4-2-3-5-11(10)16/h2-5,9H,6-8H2,1H3,(H,19,20). The van der Waals surface area contributed by atoms with E-state index in [1.165, 1.54) is 23.3 Å². The summed E-state index contributed by atoms with van der Waals surface area (Å²) in [6.07, 6.45) is 0. The van der Waals surface area contributed by atoms with Crippen LogP contribution < -0.4 is 0 Å². The third-order valence-corrected chi connectivity index (χ3v) is 4.21. The molecular weight excluding hydrogens is 340 g/mol. The van der Waals surface area contributed by atoms with Crippen molar-refractivity contribution in [3.8, 4) is 10.6 Å². The van der Waals surface area contributed by atoms with Crippen LogP contribution in [-0.2, 0) is 9.53 Å². The third kappa shape index (κ3) is 4.51. The van der Waals surface area contributed by atoms with Gasteiger partial charge >= 0.3 is 5.97 Å². The van der Waals surface area contributed by atoms with Crippen LogP contribution in [-0.4, -0.2) is 53.7 Å². The summed E-state index contributed by atoms with van der Waals surface area (Å²) < 4.78 is 4.91. The summed E-state index contributed by atoms with van der Waals surface area (Å²) in [4.78, 5) is 28.8. The Morgan fingerprint density at radius 3 is 2.78 bits per heavy atom. The number of carbonyl (C=O) groups is 2. The Bertz CT molecular complexity index is 704. The van der Waals surface area contributed by atoms with Gasteiger partial charge in [0, 0.05) is 24.6 Å². The van der Waals surface area contributed by atoms with Crippen LogP contribution in [0.4, 0.5) is 0 Å². The molecule has 1 aromatic carbocycles. The first kappa shape index (κ1) is 17.4. The molecule has 6 nitrogen and oxygen atoms in total. The molecule has 2 aromatic rings. The van der Waals surface area contributed by atoms with E-state index in [4.69, 9.17) is 21.4 Å². The minimum absolute atomic E-state index is 0.181. The minimum atomic E-state index is -1.09. The number of amides is 1. The van der Waals surface area contributed by atoms with Gasteiger partial charge < -0.3 is 14.7 Å². The second-order valence-electron chi connectivity index (χ2n) is 4.63. The molecule has 1 N–H and O–H groups in total. The molecule has 0 radical (unpaired) electrons. The van der Waals surface area contributed by atoms with Crippen LogP contribution in [0.2, 0.25) is 5.02 Å². The summed E-state index contributed by atoms with van der Waals surface area (Å²) in [5.41, 5.74) is 0.933. The molecule has 23 heavy (non-hydrogen) atoms. The largest absolute Gasteiger partial charge is 0.480 e. The zero-order valence-electron chi connectivity index (χ0n) is 12.4. The minimum Gasteiger partial charge on any atom is -0.480 e. The molecule has 0 aliphatic carbocycles. The third-order valence-electron chi connectivity index (χ3n) is 3.01. The number of carboxylic acids is 1. The summed E-state index contributed by atoms with van der Waals surface area (Å²) >= 11 is 7.41. The lowest BCUT2D eigenvalue weighted by atomic mass is 10.2. The first-order valence-corrected chi connectivity index (χ1v) is 7.99. The van der Waals surface area contributed by atoms with E-state index in [1.54, 1.807) is 11.4 Å². The number of benzene rings is 1. The Kier molecular flexibility index (Phi) is 6.09. The van der Waals surface area contributed by atoms with Crippen molar-refractivity contribution in [3.63, 3.8) is 0 Å². The lowest BCUT2D eigenvalue weighted by Gasteiger charge is -2.18. The number of hydrogen-bond donors (Lipinski definition) is 1. The molecule has 0 aliphatic heterocycles. The molecule has 0 saturated carbocycles. The molecule has 122 valence electrons. The molecule has 1 heterocycles. The van der Waals surface area contributed by atoms with E-state index < -0.39 is 18.4 Å². The van der Waals surface area contributed by atoms with Gasteiger partial charge in [-0.2, -0.15) is 0 Å². The van der Waals surface area contributed by atoms with Gasteiger partial charge in [0.25, 0.3) is 5.91 Å². The Balaban J connectivity index is 2.22. The van der Waals surface area contributed by atoms with E-state index in [0.29, 0.717) is 10.0 Å². The van der Waals surface area contributed by atoms with Crippen molar-refractivity contribution < 1.29 is 19.4 Å². The topological polar surface area (TPSA) is 79.7 Å². The average molecular weight is 355 g/mol. The monoisotopic (exact) mass is 354 g/mol. The Hall–Kier alpha value is -1.96.